The van der Waals surface area contributed by atoms with Crippen molar-refractivity contribution in [3.05, 3.63) is 71.8 Å². The molecule has 0 saturated carbocycles. The van der Waals surface area contributed by atoms with Gasteiger partial charge in [-0.05, 0) is 24.0 Å². The Labute approximate surface area is 143 Å². The second kappa shape index (κ2) is 7.47. The van der Waals surface area contributed by atoms with E-state index < -0.39 is 10.1 Å². The smallest absolute Gasteiger partial charge is 0.264 e. The lowest BCUT2D eigenvalue weighted by atomic mass is 9.93. The van der Waals surface area contributed by atoms with Gasteiger partial charge in [0.25, 0.3) is 10.1 Å². The average molecular weight is 345 g/mol. The molecule has 0 bridgehead atoms. The predicted octanol–water partition coefficient (Wildman–Crippen LogP) is 2.98. The molecule has 3 unspecified atom stereocenters. The number of benzene rings is 2. The first-order chi connectivity index (χ1) is 11.5. The number of nitrogens with zero attached hydrogens (tertiary/aromatic N) is 1. The van der Waals surface area contributed by atoms with Crippen LogP contribution in [0, 0.1) is 0 Å². The molecule has 128 valence electrons. The van der Waals surface area contributed by atoms with Crippen LogP contribution in [0.4, 0.5) is 0 Å². The maximum Gasteiger partial charge on any atom is 0.264 e. The maximum absolute atomic E-state index is 11.1. The maximum atomic E-state index is 11.1. The van der Waals surface area contributed by atoms with Gasteiger partial charge in [-0.2, -0.15) is 8.42 Å². The molecule has 1 fully saturated rings. The van der Waals surface area contributed by atoms with Crippen molar-refractivity contribution < 1.29 is 13.0 Å². The predicted molar refractivity (Wildman–Crippen MR) is 95.7 cm³/mol. The lowest BCUT2D eigenvalue weighted by Crippen LogP contribution is -2.17. The lowest BCUT2D eigenvalue weighted by molar-refractivity contribution is 0.449. The van der Waals surface area contributed by atoms with E-state index in [9.17, 15) is 8.42 Å². The van der Waals surface area contributed by atoms with Crippen LogP contribution in [0.25, 0.3) is 0 Å². The summed E-state index contributed by atoms with van der Waals surface area (Å²) >= 11 is 0. The van der Waals surface area contributed by atoms with Crippen molar-refractivity contribution >= 4 is 10.1 Å². The van der Waals surface area contributed by atoms with Crippen LogP contribution in [0.1, 0.15) is 23.5 Å². The van der Waals surface area contributed by atoms with E-state index in [1.54, 1.807) is 0 Å². The third kappa shape index (κ3) is 4.90. The summed E-state index contributed by atoms with van der Waals surface area (Å²) in [7, 11) is -3.92. The standard InChI is InChI=1S/C19H23NO3S/c21-24(22,23)14-12-18(17-9-5-2-6-10-17)19-15-20(19)13-11-16-7-3-1-4-8-16/h1-10,18-19H,11-15H2,(H,21,22,23). The number of hydrogen-bond acceptors (Lipinski definition) is 3. The van der Waals surface area contributed by atoms with Gasteiger partial charge >= 0.3 is 0 Å². The molecule has 1 N–H and O–H groups in total. The molecule has 0 spiro atoms. The summed E-state index contributed by atoms with van der Waals surface area (Å²) in [4.78, 5) is 2.38. The van der Waals surface area contributed by atoms with E-state index in [2.05, 4.69) is 17.0 Å². The molecule has 5 heteroatoms. The molecule has 1 heterocycles. The highest BCUT2D eigenvalue weighted by Crippen LogP contribution is 2.36. The van der Waals surface area contributed by atoms with E-state index in [1.807, 2.05) is 48.5 Å². The zero-order valence-electron chi connectivity index (χ0n) is 13.6. The van der Waals surface area contributed by atoms with Crippen molar-refractivity contribution in [1.29, 1.82) is 0 Å². The zero-order chi connectivity index (χ0) is 17.0. The van der Waals surface area contributed by atoms with Gasteiger partial charge in [0.2, 0.25) is 0 Å². The van der Waals surface area contributed by atoms with Gasteiger partial charge in [-0.1, -0.05) is 60.7 Å². The highest BCUT2D eigenvalue weighted by Gasteiger charge is 2.40. The van der Waals surface area contributed by atoms with Crippen LogP contribution in [0.2, 0.25) is 0 Å². The summed E-state index contributed by atoms with van der Waals surface area (Å²) < 4.78 is 31.4. The molecule has 3 rings (SSSR count). The summed E-state index contributed by atoms with van der Waals surface area (Å²) in [6, 6.07) is 20.7. The molecule has 1 aliphatic heterocycles. The SMILES string of the molecule is O=S(=O)(O)CCC(c1ccccc1)C1CN1CCc1ccccc1. The van der Waals surface area contributed by atoms with Crippen molar-refractivity contribution in [2.24, 2.45) is 0 Å². The molecule has 0 aliphatic carbocycles. The van der Waals surface area contributed by atoms with E-state index in [0.717, 1.165) is 25.1 Å². The van der Waals surface area contributed by atoms with Gasteiger partial charge in [0.05, 0.1) is 5.75 Å². The molecule has 2 aromatic rings. The lowest BCUT2D eigenvalue weighted by Gasteiger charge is -2.17. The Bertz CT molecular complexity index is 747. The molecule has 3 atom stereocenters. The van der Waals surface area contributed by atoms with Gasteiger partial charge in [0, 0.05) is 25.0 Å². The van der Waals surface area contributed by atoms with Gasteiger partial charge in [0.1, 0.15) is 0 Å². The van der Waals surface area contributed by atoms with Gasteiger partial charge < -0.3 is 0 Å². The zero-order valence-corrected chi connectivity index (χ0v) is 14.4. The minimum absolute atomic E-state index is 0.142. The first-order valence-electron chi connectivity index (χ1n) is 8.31. The van der Waals surface area contributed by atoms with Crippen LogP contribution < -0.4 is 0 Å². The van der Waals surface area contributed by atoms with Crippen molar-refractivity contribution in [3.63, 3.8) is 0 Å². The van der Waals surface area contributed by atoms with Crippen molar-refractivity contribution in [3.8, 4) is 0 Å². The van der Waals surface area contributed by atoms with Crippen LogP contribution >= 0.6 is 0 Å². The second-order valence-corrected chi connectivity index (χ2v) is 7.96. The van der Waals surface area contributed by atoms with Crippen molar-refractivity contribution in [2.45, 2.75) is 24.8 Å². The molecule has 1 aliphatic rings. The van der Waals surface area contributed by atoms with E-state index in [-0.39, 0.29) is 11.7 Å². The fraction of sp³-hybridized carbons (Fsp3) is 0.368. The van der Waals surface area contributed by atoms with E-state index in [0.29, 0.717) is 12.5 Å². The molecular weight excluding hydrogens is 322 g/mol. The summed E-state index contributed by atoms with van der Waals surface area (Å²) in [5, 5.41) is 0. The van der Waals surface area contributed by atoms with Crippen LogP contribution in [-0.2, 0) is 16.5 Å². The Morgan fingerprint density at radius 3 is 2.29 bits per heavy atom. The molecule has 0 aromatic heterocycles. The summed E-state index contributed by atoms with van der Waals surface area (Å²) in [6.07, 6.45) is 1.45. The summed E-state index contributed by atoms with van der Waals surface area (Å²) in [6.45, 7) is 1.96. The summed E-state index contributed by atoms with van der Waals surface area (Å²) in [5.74, 6) is -0.0424. The molecule has 0 amide bonds. The van der Waals surface area contributed by atoms with Crippen LogP contribution in [0.3, 0.4) is 0 Å². The Morgan fingerprint density at radius 1 is 1.04 bits per heavy atom. The third-order valence-corrected chi connectivity index (χ3v) is 5.42. The second-order valence-electron chi connectivity index (χ2n) is 6.39. The van der Waals surface area contributed by atoms with Gasteiger partial charge in [-0.3, -0.25) is 9.45 Å². The minimum atomic E-state index is -3.92. The van der Waals surface area contributed by atoms with Crippen molar-refractivity contribution in [2.75, 3.05) is 18.8 Å². The van der Waals surface area contributed by atoms with E-state index in [1.165, 1.54) is 5.56 Å². The van der Waals surface area contributed by atoms with Crippen LogP contribution in [-0.4, -0.2) is 42.8 Å². The summed E-state index contributed by atoms with van der Waals surface area (Å²) in [5.41, 5.74) is 2.46. The third-order valence-electron chi connectivity index (χ3n) is 4.67. The van der Waals surface area contributed by atoms with E-state index in [4.69, 9.17) is 4.55 Å². The van der Waals surface area contributed by atoms with Gasteiger partial charge in [0.15, 0.2) is 0 Å². The Balaban J connectivity index is 1.62. The largest absolute Gasteiger partial charge is 0.297 e. The number of hydrogen-bond donors (Lipinski definition) is 1. The quantitative estimate of drug-likeness (QED) is 0.590. The Kier molecular flexibility index (Phi) is 5.33. The molecule has 24 heavy (non-hydrogen) atoms. The molecule has 1 saturated heterocycles. The van der Waals surface area contributed by atoms with Gasteiger partial charge in [-0.25, -0.2) is 0 Å². The highest BCUT2D eigenvalue weighted by molar-refractivity contribution is 7.85. The van der Waals surface area contributed by atoms with Crippen molar-refractivity contribution in [1.82, 2.24) is 4.90 Å². The molecule has 0 radical (unpaired) electrons. The molecular formula is C19H23NO3S. The Hall–Kier alpha value is -1.69. The first kappa shape index (κ1) is 17.1. The topological polar surface area (TPSA) is 57.4 Å². The van der Waals surface area contributed by atoms with Crippen LogP contribution in [0.5, 0.6) is 0 Å². The fourth-order valence-electron chi connectivity index (χ4n) is 3.31. The first-order valence-corrected chi connectivity index (χ1v) is 9.92. The van der Waals surface area contributed by atoms with Gasteiger partial charge in [-0.15, -0.1) is 0 Å². The fourth-order valence-corrected chi connectivity index (χ4v) is 3.86. The van der Waals surface area contributed by atoms with Crippen LogP contribution in [0.15, 0.2) is 60.7 Å². The van der Waals surface area contributed by atoms with E-state index >= 15 is 0 Å². The normalized spacial score (nSPS) is 21.4. The Morgan fingerprint density at radius 2 is 1.67 bits per heavy atom. The molecule has 4 nitrogen and oxygen atoms in total. The average Bonchev–Trinajstić information content (AvgIpc) is 3.33. The number of rotatable bonds is 8. The highest BCUT2D eigenvalue weighted by atomic mass is 32.2. The molecule has 2 aromatic carbocycles. The monoisotopic (exact) mass is 345 g/mol. The minimum Gasteiger partial charge on any atom is -0.297 e.